The summed E-state index contributed by atoms with van der Waals surface area (Å²) in [6.45, 7) is 8.77. The standard InChI is InChI=1S/C17H27NO3/c1-13-7-5-6-8-14(13)11-21-12-17(4)10-15(19)9-16(2,3)18(17)20/h5-6,8,13,20H,7,9-12H2,1-4H3. The van der Waals surface area contributed by atoms with Crippen molar-refractivity contribution in [3.05, 3.63) is 23.8 Å². The minimum atomic E-state index is -0.646. The molecular formula is C17H27NO3. The molecule has 0 aromatic carbocycles. The molecule has 1 fully saturated rings. The Hall–Kier alpha value is -0.970. The van der Waals surface area contributed by atoms with Crippen LogP contribution in [-0.4, -0.2) is 40.3 Å². The van der Waals surface area contributed by atoms with Crippen LogP contribution >= 0.6 is 0 Å². The Morgan fingerprint density at radius 1 is 1.38 bits per heavy atom. The lowest BCUT2D eigenvalue weighted by Crippen LogP contribution is -2.62. The van der Waals surface area contributed by atoms with Gasteiger partial charge in [-0.2, -0.15) is 5.06 Å². The smallest absolute Gasteiger partial charge is 0.136 e. The maximum absolute atomic E-state index is 11.9. The number of ketones is 1. The molecular weight excluding hydrogens is 266 g/mol. The Kier molecular flexibility index (Phi) is 4.71. The Morgan fingerprint density at radius 3 is 2.76 bits per heavy atom. The molecule has 1 saturated heterocycles. The molecule has 2 rings (SSSR count). The number of rotatable bonds is 4. The molecule has 2 aliphatic rings. The Bertz CT molecular complexity index is 467. The van der Waals surface area contributed by atoms with E-state index in [9.17, 15) is 10.0 Å². The van der Waals surface area contributed by atoms with E-state index in [0.717, 1.165) is 6.42 Å². The molecule has 118 valence electrons. The lowest BCUT2D eigenvalue weighted by Gasteiger charge is -2.49. The van der Waals surface area contributed by atoms with E-state index >= 15 is 0 Å². The summed E-state index contributed by atoms with van der Waals surface area (Å²) in [4.78, 5) is 11.9. The van der Waals surface area contributed by atoms with Gasteiger partial charge < -0.3 is 9.94 Å². The molecule has 1 aliphatic heterocycles. The van der Waals surface area contributed by atoms with Crippen LogP contribution in [0.25, 0.3) is 0 Å². The molecule has 2 unspecified atom stereocenters. The monoisotopic (exact) mass is 293 g/mol. The zero-order valence-electron chi connectivity index (χ0n) is 13.6. The lowest BCUT2D eigenvalue weighted by atomic mass is 9.80. The highest BCUT2D eigenvalue weighted by Crippen LogP contribution is 2.35. The van der Waals surface area contributed by atoms with Gasteiger partial charge in [-0.25, -0.2) is 0 Å². The van der Waals surface area contributed by atoms with Gasteiger partial charge >= 0.3 is 0 Å². The van der Waals surface area contributed by atoms with E-state index in [1.165, 1.54) is 10.6 Å². The molecule has 0 radical (unpaired) electrons. The third-order valence-electron chi connectivity index (χ3n) is 4.54. The van der Waals surface area contributed by atoms with Crippen molar-refractivity contribution in [3.63, 3.8) is 0 Å². The maximum Gasteiger partial charge on any atom is 0.136 e. The van der Waals surface area contributed by atoms with Gasteiger partial charge in [0.05, 0.1) is 18.8 Å². The third-order valence-corrected chi connectivity index (χ3v) is 4.54. The summed E-state index contributed by atoms with van der Waals surface area (Å²) in [5.41, 5.74) is 0.0905. The van der Waals surface area contributed by atoms with Crippen LogP contribution in [-0.2, 0) is 9.53 Å². The van der Waals surface area contributed by atoms with E-state index in [2.05, 4.69) is 25.2 Å². The predicted molar refractivity (Wildman–Crippen MR) is 82.2 cm³/mol. The van der Waals surface area contributed by atoms with Gasteiger partial charge in [0.1, 0.15) is 5.78 Å². The van der Waals surface area contributed by atoms with Gasteiger partial charge in [-0.1, -0.05) is 25.2 Å². The fourth-order valence-electron chi connectivity index (χ4n) is 3.33. The number of carbonyl (C=O) groups is 1. The molecule has 4 heteroatoms. The molecule has 0 saturated carbocycles. The van der Waals surface area contributed by atoms with Crippen molar-refractivity contribution in [1.82, 2.24) is 5.06 Å². The molecule has 0 bridgehead atoms. The van der Waals surface area contributed by atoms with Gasteiger partial charge in [0, 0.05) is 18.4 Å². The van der Waals surface area contributed by atoms with E-state index in [1.807, 2.05) is 20.8 Å². The van der Waals surface area contributed by atoms with Crippen molar-refractivity contribution in [1.29, 1.82) is 0 Å². The zero-order valence-corrected chi connectivity index (χ0v) is 13.6. The van der Waals surface area contributed by atoms with Crippen molar-refractivity contribution < 1.29 is 14.7 Å². The van der Waals surface area contributed by atoms with Gasteiger partial charge in [0.25, 0.3) is 0 Å². The van der Waals surface area contributed by atoms with Gasteiger partial charge in [-0.3, -0.25) is 4.79 Å². The Balaban J connectivity index is 1.96. The van der Waals surface area contributed by atoms with Crippen LogP contribution in [0.2, 0.25) is 0 Å². The molecule has 21 heavy (non-hydrogen) atoms. The molecule has 0 spiro atoms. The average Bonchev–Trinajstić information content (AvgIpc) is 2.38. The second-order valence-corrected chi connectivity index (χ2v) is 7.31. The molecule has 0 amide bonds. The third kappa shape index (κ3) is 3.62. The number of hydrogen-bond acceptors (Lipinski definition) is 4. The molecule has 0 aromatic heterocycles. The van der Waals surface area contributed by atoms with Crippen molar-refractivity contribution in [2.75, 3.05) is 13.2 Å². The number of ether oxygens (including phenoxy) is 1. The van der Waals surface area contributed by atoms with Crippen LogP contribution in [0.4, 0.5) is 0 Å². The average molecular weight is 293 g/mol. The van der Waals surface area contributed by atoms with Crippen LogP contribution in [0.15, 0.2) is 23.8 Å². The maximum atomic E-state index is 11.9. The molecule has 4 nitrogen and oxygen atoms in total. The van der Waals surface area contributed by atoms with Gasteiger partial charge in [0.2, 0.25) is 0 Å². The van der Waals surface area contributed by atoms with Gasteiger partial charge in [-0.15, -0.1) is 0 Å². The molecule has 1 heterocycles. The van der Waals surface area contributed by atoms with E-state index in [-0.39, 0.29) is 5.78 Å². The quantitative estimate of drug-likeness (QED) is 0.865. The fraction of sp³-hybridized carbons (Fsp3) is 0.706. The summed E-state index contributed by atoms with van der Waals surface area (Å²) in [7, 11) is 0. The second-order valence-electron chi connectivity index (χ2n) is 7.31. The predicted octanol–water partition coefficient (Wildman–Crippen LogP) is 3.12. The molecule has 1 N–H and O–H groups in total. The number of nitrogens with zero attached hydrogens (tertiary/aromatic N) is 1. The summed E-state index contributed by atoms with van der Waals surface area (Å²) in [6.07, 6.45) is 8.08. The number of hydroxylamine groups is 2. The minimum Gasteiger partial charge on any atom is -0.375 e. The summed E-state index contributed by atoms with van der Waals surface area (Å²) in [6, 6.07) is 0. The molecule has 2 atom stereocenters. The van der Waals surface area contributed by atoms with E-state index < -0.39 is 11.1 Å². The van der Waals surface area contributed by atoms with Crippen molar-refractivity contribution in [2.45, 2.75) is 58.0 Å². The highest BCUT2D eigenvalue weighted by Gasteiger charge is 2.47. The topological polar surface area (TPSA) is 49.8 Å². The number of piperidine rings is 1. The highest BCUT2D eigenvalue weighted by molar-refractivity contribution is 5.81. The minimum absolute atomic E-state index is 0.185. The molecule has 1 aliphatic carbocycles. The van der Waals surface area contributed by atoms with Crippen LogP contribution in [0.1, 0.15) is 47.0 Å². The number of carbonyl (C=O) groups excluding carboxylic acids is 1. The van der Waals surface area contributed by atoms with Gasteiger partial charge in [-0.05, 0) is 38.7 Å². The first-order chi connectivity index (χ1) is 9.74. The van der Waals surface area contributed by atoms with Crippen molar-refractivity contribution in [3.8, 4) is 0 Å². The molecule has 0 aromatic rings. The highest BCUT2D eigenvalue weighted by atomic mass is 16.5. The van der Waals surface area contributed by atoms with Crippen LogP contribution in [0.3, 0.4) is 0 Å². The summed E-state index contributed by atoms with van der Waals surface area (Å²) in [5, 5.41) is 11.8. The first kappa shape index (κ1) is 16.4. The van der Waals surface area contributed by atoms with E-state index in [1.54, 1.807) is 0 Å². The summed E-state index contributed by atoms with van der Waals surface area (Å²) in [5.74, 6) is 0.682. The Morgan fingerprint density at radius 2 is 2.10 bits per heavy atom. The Labute approximate surface area is 127 Å². The van der Waals surface area contributed by atoms with E-state index in [4.69, 9.17) is 4.74 Å². The number of allylic oxidation sites excluding steroid dienone is 3. The van der Waals surface area contributed by atoms with Gasteiger partial charge in [0.15, 0.2) is 0 Å². The number of hydrogen-bond donors (Lipinski definition) is 1. The van der Waals surface area contributed by atoms with Crippen LogP contribution in [0.5, 0.6) is 0 Å². The van der Waals surface area contributed by atoms with Crippen LogP contribution < -0.4 is 0 Å². The lowest BCUT2D eigenvalue weighted by molar-refractivity contribution is -0.252. The summed E-state index contributed by atoms with van der Waals surface area (Å²) >= 11 is 0. The fourth-order valence-corrected chi connectivity index (χ4v) is 3.33. The first-order valence-electron chi connectivity index (χ1n) is 7.69. The normalized spacial score (nSPS) is 33.1. The largest absolute Gasteiger partial charge is 0.375 e. The summed E-state index contributed by atoms with van der Waals surface area (Å²) < 4.78 is 5.84. The van der Waals surface area contributed by atoms with Crippen molar-refractivity contribution >= 4 is 5.78 Å². The van der Waals surface area contributed by atoms with Crippen molar-refractivity contribution in [2.24, 2.45) is 5.92 Å². The van der Waals surface area contributed by atoms with E-state index in [0.29, 0.717) is 32.0 Å². The SMILES string of the molecule is CC1CC=CC=C1COCC1(C)CC(=O)CC(C)(C)N1O. The first-order valence-corrected chi connectivity index (χ1v) is 7.69. The van der Waals surface area contributed by atoms with Crippen LogP contribution in [0, 0.1) is 5.92 Å². The number of Topliss-reactive ketones (excluding diaryl/α,β-unsaturated/α-hetero) is 1. The zero-order chi connectivity index (χ0) is 15.7. The second kappa shape index (κ2) is 6.03.